The van der Waals surface area contributed by atoms with Crippen molar-refractivity contribution >= 4 is 38.5 Å². The van der Waals surface area contributed by atoms with Crippen LogP contribution < -0.4 is 10.4 Å². The maximum atomic E-state index is 12.4. The summed E-state index contributed by atoms with van der Waals surface area (Å²) < 4.78 is 16.3. The van der Waals surface area contributed by atoms with Crippen LogP contribution in [0.25, 0.3) is 31.8 Å². The van der Waals surface area contributed by atoms with Gasteiger partial charge in [-0.15, -0.1) is 11.3 Å². The first-order valence-electron chi connectivity index (χ1n) is 7.77. The minimum absolute atomic E-state index is 0.212. The van der Waals surface area contributed by atoms with E-state index in [1.54, 1.807) is 24.3 Å². The zero-order valence-electron chi connectivity index (χ0n) is 13.7. The molecule has 0 unspecified atom stereocenters. The van der Waals surface area contributed by atoms with E-state index in [0.29, 0.717) is 21.9 Å². The number of benzene rings is 2. The molecular formula is C19H13NO5S. The smallest absolute Gasteiger partial charge is 0.346 e. The van der Waals surface area contributed by atoms with E-state index in [1.807, 2.05) is 24.3 Å². The molecular weight excluding hydrogens is 354 g/mol. The maximum Gasteiger partial charge on any atom is 0.346 e. The van der Waals surface area contributed by atoms with Crippen LogP contribution in [-0.4, -0.2) is 24.7 Å². The van der Waals surface area contributed by atoms with Gasteiger partial charge in [0.1, 0.15) is 16.3 Å². The molecule has 2 aromatic carbocycles. The number of thiazole rings is 1. The van der Waals surface area contributed by atoms with Crippen LogP contribution in [0.3, 0.4) is 0 Å². The van der Waals surface area contributed by atoms with E-state index in [4.69, 9.17) is 9.15 Å². The van der Waals surface area contributed by atoms with E-state index in [0.717, 1.165) is 15.6 Å². The van der Waals surface area contributed by atoms with E-state index in [-0.39, 0.29) is 6.61 Å². The predicted octanol–water partition coefficient (Wildman–Crippen LogP) is 3.62. The van der Waals surface area contributed by atoms with Crippen molar-refractivity contribution in [2.24, 2.45) is 0 Å². The second-order valence-corrected chi connectivity index (χ2v) is 6.53. The highest BCUT2D eigenvalue weighted by Crippen LogP contribution is 2.30. The maximum absolute atomic E-state index is 12.4. The van der Waals surface area contributed by atoms with Crippen molar-refractivity contribution in [1.29, 1.82) is 0 Å². The standard InChI is InChI=1S/C19H13NO5S/c1-23-17(21)10-24-12-7-6-11-8-13(19(22)25-15(11)9-12)18-20-14-4-2-3-5-16(14)26-18/h2-9H,10H2,1H3. The lowest BCUT2D eigenvalue weighted by molar-refractivity contribution is -0.142. The summed E-state index contributed by atoms with van der Waals surface area (Å²) in [4.78, 5) is 28.1. The third kappa shape index (κ3) is 3.04. The highest BCUT2D eigenvalue weighted by atomic mass is 32.1. The summed E-state index contributed by atoms with van der Waals surface area (Å²) >= 11 is 1.44. The molecule has 2 heterocycles. The molecule has 0 spiro atoms. The summed E-state index contributed by atoms with van der Waals surface area (Å²) in [5.74, 6) is -0.0727. The fourth-order valence-electron chi connectivity index (χ4n) is 2.52. The Bertz CT molecular complexity index is 1140. The first-order valence-corrected chi connectivity index (χ1v) is 8.59. The average molecular weight is 367 g/mol. The molecule has 0 N–H and O–H groups in total. The summed E-state index contributed by atoms with van der Waals surface area (Å²) in [6, 6.07) is 14.5. The van der Waals surface area contributed by atoms with Crippen molar-refractivity contribution in [1.82, 2.24) is 4.98 Å². The van der Waals surface area contributed by atoms with Crippen LogP contribution in [0.15, 0.2) is 57.7 Å². The Morgan fingerprint density at radius 3 is 2.85 bits per heavy atom. The van der Waals surface area contributed by atoms with Gasteiger partial charge in [0.05, 0.1) is 22.9 Å². The molecule has 4 aromatic rings. The summed E-state index contributed by atoms with van der Waals surface area (Å²) in [6.45, 7) is -0.212. The summed E-state index contributed by atoms with van der Waals surface area (Å²) in [5, 5.41) is 1.36. The van der Waals surface area contributed by atoms with E-state index in [9.17, 15) is 9.59 Å². The number of carbonyl (C=O) groups excluding carboxylic acids is 1. The van der Waals surface area contributed by atoms with Crippen LogP contribution in [-0.2, 0) is 9.53 Å². The van der Waals surface area contributed by atoms with Crippen molar-refractivity contribution in [3.05, 3.63) is 59.0 Å². The second kappa shape index (κ2) is 6.61. The van der Waals surface area contributed by atoms with Gasteiger partial charge in [-0.05, 0) is 30.3 Å². The SMILES string of the molecule is COC(=O)COc1ccc2cc(-c3nc4ccccc4s3)c(=O)oc2c1. The molecule has 0 aliphatic carbocycles. The Kier molecular flexibility index (Phi) is 4.14. The van der Waals surface area contributed by atoms with Crippen molar-refractivity contribution in [2.75, 3.05) is 13.7 Å². The number of rotatable bonds is 4. The number of carbonyl (C=O) groups is 1. The van der Waals surface area contributed by atoms with Gasteiger partial charge in [-0.3, -0.25) is 0 Å². The van der Waals surface area contributed by atoms with Gasteiger partial charge < -0.3 is 13.9 Å². The highest BCUT2D eigenvalue weighted by Gasteiger charge is 2.13. The van der Waals surface area contributed by atoms with Gasteiger partial charge in [0.25, 0.3) is 0 Å². The number of esters is 1. The molecule has 4 rings (SSSR count). The Balaban J connectivity index is 1.72. The third-order valence-corrected chi connectivity index (χ3v) is 4.89. The molecule has 0 aliphatic heterocycles. The first-order chi connectivity index (χ1) is 12.6. The summed E-state index contributed by atoms with van der Waals surface area (Å²) in [6.07, 6.45) is 0. The fraction of sp³-hybridized carbons (Fsp3) is 0.105. The molecule has 0 atom stereocenters. The molecule has 0 radical (unpaired) electrons. The van der Waals surface area contributed by atoms with Crippen LogP contribution in [0.5, 0.6) is 5.75 Å². The van der Waals surface area contributed by atoms with E-state index >= 15 is 0 Å². The van der Waals surface area contributed by atoms with Gasteiger partial charge >= 0.3 is 11.6 Å². The molecule has 0 amide bonds. The first kappa shape index (κ1) is 16.3. The zero-order chi connectivity index (χ0) is 18.1. The van der Waals surface area contributed by atoms with Crippen LogP contribution in [0.4, 0.5) is 0 Å². The highest BCUT2D eigenvalue weighted by molar-refractivity contribution is 7.21. The number of methoxy groups -OCH3 is 1. The number of hydrogen-bond donors (Lipinski definition) is 0. The topological polar surface area (TPSA) is 78.6 Å². The zero-order valence-corrected chi connectivity index (χ0v) is 14.5. The second-order valence-electron chi connectivity index (χ2n) is 5.50. The van der Waals surface area contributed by atoms with Gasteiger partial charge in [0.2, 0.25) is 0 Å². The third-order valence-electron chi connectivity index (χ3n) is 3.82. The number of nitrogens with zero attached hydrogens (tertiary/aromatic N) is 1. The largest absolute Gasteiger partial charge is 0.482 e. The van der Waals surface area contributed by atoms with Crippen molar-refractivity contribution in [3.63, 3.8) is 0 Å². The quantitative estimate of drug-likeness (QED) is 0.405. The van der Waals surface area contributed by atoms with Crippen LogP contribution in [0.2, 0.25) is 0 Å². The molecule has 6 nitrogen and oxygen atoms in total. The Labute approximate surface area is 151 Å². The van der Waals surface area contributed by atoms with E-state index in [2.05, 4.69) is 9.72 Å². The van der Waals surface area contributed by atoms with E-state index < -0.39 is 11.6 Å². The number of hydrogen-bond acceptors (Lipinski definition) is 7. The molecule has 2 aromatic heterocycles. The molecule has 26 heavy (non-hydrogen) atoms. The number of ether oxygens (including phenoxy) is 2. The minimum Gasteiger partial charge on any atom is -0.482 e. The summed E-state index contributed by atoms with van der Waals surface area (Å²) in [5.41, 5.74) is 1.17. The van der Waals surface area contributed by atoms with Crippen LogP contribution >= 0.6 is 11.3 Å². The number of para-hydroxylation sites is 1. The summed E-state index contributed by atoms with van der Waals surface area (Å²) in [7, 11) is 1.29. The molecule has 0 fully saturated rings. The van der Waals surface area contributed by atoms with Gasteiger partial charge in [0.15, 0.2) is 6.61 Å². The number of fused-ring (bicyclic) bond motifs is 2. The lowest BCUT2D eigenvalue weighted by Crippen LogP contribution is -2.12. The lowest BCUT2D eigenvalue weighted by atomic mass is 10.2. The molecule has 0 saturated heterocycles. The normalized spacial score (nSPS) is 11.0. The lowest BCUT2D eigenvalue weighted by Gasteiger charge is -2.06. The predicted molar refractivity (Wildman–Crippen MR) is 98.6 cm³/mol. The fourth-order valence-corrected chi connectivity index (χ4v) is 3.49. The Hall–Kier alpha value is -3.19. The molecule has 130 valence electrons. The van der Waals surface area contributed by atoms with Gasteiger partial charge in [-0.2, -0.15) is 0 Å². The molecule has 0 bridgehead atoms. The minimum atomic E-state index is -0.488. The van der Waals surface area contributed by atoms with Crippen molar-refractivity contribution < 1.29 is 18.7 Å². The van der Waals surface area contributed by atoms with Crippen LogP contribution in [0, 0.1) is 0 Å². The van der Waals surface area contributed by atoms with Gasteiger partial charge in [-0.25, -0.2) is 14.6 Å². The van der Waals surface area contributed by atoms with Crippen molar-refractivity contribution in [3.8, 4) is 16.3 Å². The van der Waals surface area contributed by atoms with Crippen molar-refractivity contribution in [2.45, 2.75) is 0 Å². The monoisotopic (exact) mass is 367 g/mol. The molecule has 7 heteroatoms. The molecule has 0 saturated carbocycles. The van der Waals surface area contributed by atoms with E-state index in [1.165, 1.54) is 18.4 Å². The van der Waals surface area contributed by atoms with Gasteiger partial charge in [-0.1, -0.05) is 12.1 Å². The van der Waals surface area contributed by atoms with Gasteiger partial charge in [0, 0.05) is 11.5 Å². The average Bonchev–Trinajstić information content (AvgIpc) is 3.09. The Morgan fingerprint density at radius 2 is 2.04 bits per heavy atom. The van der Waals surface area contributed by atoms with Crippen LogP contribution in [0.1, 0.15) is 0 Å². The number of aromatic nitrogens is 1. The molecule has 0 aliphatic rings. The Morgan fingerprint density at radius 1 is 1.19 bits per heavy atom.